The maximum absolute atomic E-state index is 10.2. The third-order valence-corrected chi connectivity index (χ3v) is 3.93. The predicted octanol–water partition coefficient (Wildman–Crippen LogP) is 0.0784. The van der Waals surface area contributed by atoms with Crippen LogP contribution in [0.3, 0.4) is 0 Å². The number of rotatable bonds is 2. The molecule has 1 unspecified atom stereocenters. The molecule has 0 heterocycles. The molecule has 1 atom stereocenters. The van der Waals surface area contributed by atoms with Gasteiger partial charge in [0, 0.05) is 0 Å². The molecule has 0 rings (SSSR count). The molecule has 0 fully saturated rings. The molecule has 0 saturated heterocycles. The zero-order valence-corrected chi connectivity index (χ0v) is 11.3. The minimum Gasteiger partial charge on any atom is -0.412 e. The van der Waals surface area contributed by atoms with E-state index in [1.807, 2.05) is 6.92 Å². The first kappa shape index (κ1) is 12.1. The summed E-state index contributed by atoms with van der Waals surface area (Å²) in [7, 11) is 0. The number of hydrogen-bond acceptors (Lipinski definition) is 2. The summed E-state index contributed by atoms with van der Waals surface area (Å²) < 4.78 is 5.89. The van der Waals surface area contributed by atoms with E-state index in [0.717, 1.165) is 30.1 Å². The Hall–Kier alpha value is 0.365. The zero-order chi connectivity index (χ0) is 6.57. The summed E-state index contributed by atoms with van der Waals surface area (Å²) in [5, 5.41) is 0. The topological polar surface area (TPSA) is 57.8 Å². The van der Waals surface area contributed by atoms with E-state index in [0.29, 0.717) is 0 Å². The minimum atomic E-state index is -0.164. The first-order valence-electron chi connectivity index (χ1n) is 2.63. The van der Waals surface area contributed by atoms with Gasteiger partial charge in [-0.05, 0) is 0 Å². The van der Waals surface area contributed by atoms with Crippen LogP contribution in [0.5, 0.6) is 0 Å². The van der Waals surface area contributed by atoms with Gasteiger partial charge in [-0.15, -0.1) is 0 Å². The fraction of sp³-hybridized carbons (Fsp3) is 0.800. The smallest absolute Gasteiger partial charge is 0.412 e. The Bertz CT molecular complexity index is 84.3. The van der Waals surface area contributed by atoms with Crippen molar-refractivity contribution in [2.24, 2.45) is 0 Å². The summed E-state index contributed by atoms with van der Waals surface area (Å²) in [5.41, 5.74) is 0. The average Bonchev–Trinajstić information content (AvgIpc) is 1.65. The van der Waals surface area contributed by atoms with Gasteiger partial charge in [0.2, 0.25) is 0 Å². The first-order valence-corrected chi connectivity index (χ1v) is 6.52. The van der Waals surface area contributed by atoms with Gasteiger partial charge in [0.05, 0.1) is 0 Å². The SMILES string of the molecule is CC(=O)OC(C)[CH2][203Hg].O. The van der Waals surface area contributed by atoms with Crippen molar-refractivity contribution >= 4 is 5.97 Å². The molecule has 0 saturated carbocycles. The van der Waals surface area contributed by atoms with Crippen molar-refractivity contribution in [3.63, 3.8) is 0 Å². The van der Waals surface area contributed by atoms with Crippen LogP contribution < -0.4 is 0 Å². The maximum atomic E-state index is 10.2. The van der Waals surface area contributed by atoms with Gasteiger partial charge in [-0.3, -0.25) is 0 Å². The fourth-order valence-corrected chi connectivity index (χ4v) is 0.800. The largest absolute Gasteiger partial charge is 0.412 e. The van der Waals surface area contributed by atoms with E-state index in [2.05, 4.69) is 0 Å². The summed E-state index contributed by atoms with van der Waals surface area (Å²) >= 11 is 0.750. The van der Waals surface area contributed by atoms with Crippen molar-refractivity contribution < 1.29 is 41.1 Å². The van der Waals surface area contributed by atoms with Gasteiger partial charge in [-0.25, -0.2) is 0 Å². The van der Waals surface area contributed by atoms with Crippen LogP contribution in [-0.4, -0.2) is 17.5 Å². The standard InChI is InChI=1S/C5H9O2.Hg.H2O/c1-4(2)7-5(3)6;;/h4H,1H2,2-3H3;;1H2/i;1+2;. The Morgan fingerprint density at radius 2 is 2.22 bits per heavy atom. The van der Waals surface area contributed by atoms with Crippen molar-refractivity contribution in [3.8, 4) is 0 Å². The molecule has 0 aliphatic carbocycles. The molecule has 0 aliphatic rings. The minimum absolute atomic E-state index is 0. The number of carbonyl (C=O) groups excluding carboxylic acids is 1. The van der Waals surface area contributed by atoms with E-state index in [1.165, 1.54) is 6.92 Å². The maximum Gasteiger partial charge on any atom is -0.412 e. The van der Waals surface area contributed by atoms with Crippen LogP contribution >= 0.6 is 0 Å². The van der Waals surface area contributed by atoms with E-state index in [-0.39, 0.29) is 17.5 Å². The van der Waals surface area contributed by atoms with Crippen molar-refractivity contribution in [1.82, 2.24) is 0 Å². The third kappa shape index (κ3) is 8.37. The summed E-state index contributed by atoms with van der Waals surface area (Å²) in [4.78, 5) is 10.2. The van der Waals surface area contributed by atoms with Crippen LogP contribution in [0.2, 0.25) is 3.93 Å². The molecule has 0 bridgehead atoms. The van der Waals surface area contributed by atoms with Crippen LogP contribution in [0.1, 0.15) is 13.8 Å². The summed E-state index contributed by atoms with van der Waals surface area (Å²) in [6.07, 6.45) is 0.163. The molecule has 3 nitrogen and oxygen atoms in total. The molecule has 51 valence electrons. The second-order valence-corrected chi connectivity index (χ2v) is 3.95. The first-order chi connectivity index (χ1) is 3.66. The predicted molar refractivity (Wildman–Crippen MR) is 29.6 cm³/mol. The van der Waals surface area contributed by atoms with Crippen LogP contribution in [-0.2, 0) is 35.7 Å². The van der Waals surface area contributed by atoms with Gasteiger partial charge >= 0.3 is 65.5 Å². The molecular formula is C5H11HgO3. The van der Waals surface area contributed by atoms with Crippen molar-refractivity contribution in [2.45, 2.75) is 23.9 Å². The quantitative estimate of drug-likeness (QED) is 0.534. The third-order valence-electron chi connectivity index (χ3n) is 0.774. The van der Waals surface area contributed by atoms with E-state index in [1.54, 1.807) is 0 Å². The van der Waals surface area contributed by atoms with Crippen molar-refractivity contribution in [2.75, 3.05) is 0 Å². The number of esters is 1. The molecule has 0 radical (unpaired) electrons. The summed E-state index contributed by atoms with van der Waals surface area (Å²) in [6.45, 7) is 3.37. The molecule has 9 heavy (non-hydrogen) atoms. The zero-order valence-electron chi connectivity index (χ0n) is 5.81. The fourth-order valence-electron chi connectivity index (χ4n) is 0.342. The molecule has 0 aliphatic heterocycles. The normalized spacial score (nSPS) is 11.6. The van der Waals surface area contributed by atoms with Crippen LogP contribution in [0.25, 0.3) is 0 Å². The van der Waals surface area contributed by atoms with Gasteiger partial charge < -0.3 is 5.48 Å². The molecular weight excluding hydrogens is 311 g/mol. The molecule has 2 N–H and O–H groups in total. The Kier molecular flexibility index (Phi) is 8.70. The second kappa shape index (κ2) is 6.48. The number of hydrogen-bond donors (Lipinski definition) is 0. The number of carbonyl (C=O) groups is 1. The Morgan fingerprint density at radius 1 is 1.78 bits per heavy atom. The van der Waals surface area contributed by atoms with Crippen LogP contribution in [0.15, 0.2) is 0 Å². The Balaban J connectivity index is 0. The van der Waals surface area contributed by atoms with Gasteiger partial charge in [0.1, 0.15) is 0 Å². The molecule has 0 amide bonds. The van der Waals surface area contributed by atoms with Crippen molar-refractivity contribution in [1.29, 1.82) is 0 Å². The van der Waals surface area contributed by atoms with E-state index >= 15 is 0 Å². The van der Waals surface area contributed by atoms with E-state index in [4.69, 9.17) is 4.74 Å². The summed E-state index contributed by atoms with van der Waals surface area (Å²) in [6, 6.07) is 0. The van der Waals surface area contributed by atoms with Crippen molar-refractivity contribution in [3.05, 3.63) is 0 Å². The molecule has 0 aromatic carbocycles. The van der Waals surface area contributed by atoms with Crippen LogP contribution in [0.4, 0.5) is 0 Å². The van der Waals surface area contributed by atoms with E-state index < -0.39 is 0 Å². The van der Waals surface area contributed by atoms with Gasteiger partial charge in [0.15, 0.2) is 0 Å². The Labute approximate surface area is 71.0 Å². The van der Waals surface area contributed by atoms with Gasteiger partial charge in [0.25, 0.3) is 0 Å². The molecule has 4 heteroatoms. The Morgan fingerprint density at radius 3 is 2.33 bits per heavy atom. The average molecular weight is 322 g/mol. The molecule has 0 spiro atoms. The van der Waals surface area contributed by atoms with Crippen LogP contribution in [0, 0.1) is 0 Å². The summed E-state index contributed by atoms with van der Waals surface area (Å²) in [5.74, 6) is -0.164. The van der Waals surface area contributed by atoms with Gasteiger partial charge in [-0.2, -0.15) is 0 Å². The van der Waals surface area contributed by atoms with Gasteiger partial charge in [-0.1, -0.05) is 0 Å². The van der Waals surface area contributed by atoms with E-state index in [9.17, 15) is 4.79 Å². The second-order valence-electron chi connectivity index (χ2n) is 1.71. The molecule has 0 aromatic rings. The monoisotopic (exact) mass is 322 g/mol. The molecule has 0 aromatic heterocycles. The number of ether oxygens (including phenoxy) is 1.